The second-order valence-electron chi connectivity index (χ2n) is 10.2. The number of benzene rings is 1. The summed E-state index contributed by atoms with van der Waals surface area (Å²) in [5, 5.41) is 12.6. The molecule has 0 aromatic heterocycles. The first kappa shape index (κ1) is 19.9. The molecule has 1 aliphatic carbocycles. The van der Waals surface area contributed by atoms with E-state index in [-0.39, 0.29) is 28.8 Å². The molecule has 0 bridgehead atoms. The highest BCUT2D eigenvalue weighted by molar-refractivity contribution is 5.80. The fourth-order valence-corrected chi connectivity index (χ4v) is 5.17. The summed E-state index contributed by atoms with van der Waals surface area (Å²) in [5.74, 6) is 0.871. The summed E-state index contributed by atoms with van der Waals surface area (Å²) < 4.78 is 5.22. The Hall–Kier alpha value is -1.43. The van der Waals surface area contributed by atoms with Crippen LogP contribution in [0.1, 0.15) is 70.4 Å². The number of carbonyl (C=O) groups excluding carboxylic acids is 1. The van der Waals surface area contributed by atoms with Crippen LogP contribution in [-0.4, -0.2) is 47.1 Å². The molecule has 1 aromatic carbocycles. The zero-order chi connectivity index (χ0) is 20.1. The summed E-state index contributed by atoms with van der Waals surface area (Å²) in [7, 11) is 0. The maximum atomic E-state index is 13.0. The average molecular weight is 387 g/mol. The van der Waals surface area contributed by atoms with E-state index in [1.54, 1.807) is 0 Å². The van der Waals surface area contributed by atoms with E-state index < -0.39 is 6.41 Å². The van der Waals surface area contributed by atoms with Crippen molar-refractivity contribution in [1.82, 2.24) is 10.2 Å². The number of hydrogen-bond donors (Lipinski definition) is 2. The summed E-state index contributed by atoms with van der Waals surface area (Å²) in [5.41, 5.74) is 2.76. The van der Waals surface area contributed by atoms with Crippen LogP contribution in [0, 0.1) is 5.92 Å². The molecular weight excluding hydrogens is 352 g/mol. The summed E-state index contributed by atoms with van der Waals surface area (Å²) in [6.45, 7) is 10.2. The first-order valence-corrected chi connectivity index (χ1v) is 10.7. The minimum atomic E-state index is -0.879. The Bertz CT molecular complexity index is 718. The fraction of sp³-hybridized carbons (Fsp3) is 0.696. The van der Waals surface area contributed by atoms with Crippen molar-refractivity contribution in [2.75, 3.05) is 13.2 Å². The zero-order valence-electron chi connectivity index (χ0n) is 17.6. The molecule has 1 aromatic rings. The second-order valence-corrected chi connectivity index (χ2v) is 10.2. The van der Waals surface area contributed by atoms with Gasteiger partial charge in [-0.15, -0.1) is 0 Å². The van der Waals surface area contributed by atoms with Crippen LogP contribution < -0.4 is 5.32 Å². The molecule has 1 saturated carbocycles. The van der Waals surface area contributed by atoms with Gasteiger partial charge in [-0.25, -0.2) is 0 Å². The van der Waals surface area contributed by atoms with Crippen molar-refractivity contribution in [3.05, 3.63) is 35.4 Å². The van der Waals surface area contributed by atoms with Crippen LogP contribution in [0.2, 0.25) is 0 Å². The molecular formula is C23H34N2O3. The highest BCUT2D eigenvalue weighted by atomic mass is 16.6. The first-order chi connectivity index (χ1) is 13.2. The van der Waals surface area contributed by atoms with Crippen LogP contribution in [0.5, 0.6) is 0 Å². The number of aliphatic hydroxyl groups is 1. The minimum absolute atomic E-state index is 0.0615. The van der Waals surface area contributed by atoms with Gasteiger partial charge in [0.2, 0.25) is 12.3 Å². The first-order valence-electron chi connectivity index (χ1n) is 10.7. The fourth-order valence-electron chi connectivity index (χ4n) is 5.17. The molecule has 3 atom stereocenters. The van der Waals surface area contributed by atoms with Gasteiger partial charge in [0.1, 0.15) is 0 Å². The third-order valence-corrected chi connectivity index (χ3v) is 6.98. The number of hydrogen-bond acceptors (Lipinski definition) is 4. The van der Waals surface area contributed by atoms with Crippen molar-refractivity contribution in [2.24, 2.45) is 5.92 Å². The molecule has 1 unspecified atom stereocenters. The number of nitrogens with one attached hydrogen (secondary N) is 1. The molecule has 154 valence electrons. The van der Waals surface area contributed by atoms with Crippen LogP contribution in [-0.2, 0) is 14.9 Å². The van der Waals surface area contributed by atoms with Crippen molar-refractivity contribution < 1.29 is 14.6 Å². The van der Waals surface area contributed by atoms with E-state index in [4.69, 9.17) is 4.74 Å². The molecule has 5 nitrogen and oxygen atoms in total. The van der Waals surface area contributed by atoms with Gasteiger partial charge in [-0.2, -0.15) is 0 Å². The van der Waals surface area contributed by atoms with Gasteiger partial charge in [-0.1, -0.05) is 45.0 Å². The van der Waals surface area contributed by atoms with Crippen molar-refractivity contribution in [3.8, 4) is 0 Å². The quantitative estimate of drug-likeness (QED) is 0.820. The van der Waals surface area contributed by atoms with Crippen molar-refractivity contribution in [2.45, 2.75) is 82.7 Å². The molecule has 1 spiro atoms. The smallest absolute Gasteiger partial charge is 0.226 e. The van der Waals surface area contributed by atoms with E-state index in [2.05, 4.69) is 62.2 Å². The average Bonchev–Trinajstić information content (AvgIpc) is 3.01. The highest BCUT2D eigenvalue weighted by Crippen LogP contribution is 2.43. The lowest BCUT2D eigenvalue weighted by atomic mass is 9.68. The van der Waals surface area contributed by atoms with Gasteiger partial charge < -0.3 is 14.7 Å². The Kier molecular flexibility index (Phi) is 5.05. The second kappa shape index (κ2) is 7.12. The molecule has 2 aliphatic heterocycles. The van der Waals surface area contributed by atoms with Gasteiger partial charge in [-0.05, 0) is 55.1 Å². The number of piperidine rings is 1. The largest absolute Gasteiger partial charge is 0.356 e. The van der Waals surface area contributed by atoms with E-state index in [9.17, 15) is 9.90 Å². The summed E-state index contributed by atoms with van der Waals surface area (Å²) in [6.07, 6.45) is 2.71. The number of rotatable bonds is 2. The summed E-state index contributed by atoms with van der Waals surface area (Å²) >= 11 is 0. The molecule has 3 fully saturated rings. The molecule has 5 heteroatoms. The third kappa shape index (κ3) is 3.72. The van der Waals surface area contributed by atoms with Gasteiger partial charge in [0, 0.05) is 24.0 Å². The Morgan fingerprint density at radius 2 is 1.93 bits per heavy atom. The zero-order valence-corrected chi connectivity index (χ0v) is 17.6. The van der Waals surface area contributed by atoms with E-state index in [1.165, 1.54) is 11.1 Å². The topological polar surface area (TPSA) is 61.8 Å². The lowest BCUT2D eigenvalue weighted by Crippen LogP contribution is -2.60. The maximum Gasteiger partial charge on any atom is 0.226 e. The number of ether oxygens (including phenoxy) is 1. The SMILES string of the molecule is C[C@@H]1C[C@H](c2ccc(C(C)(C)C)cc2)CCN1C(=O)[C@H]1C[C@]2(COC(O)N2)C1. The number of carbonyl (C=O) groups is 1. The number of likely N-dealkylation sites (tertiary alicyclic amines) is 1. The predicted molar refractivity (Wildman–Crippen MR) is 109 cm³/mol. The molecule has 2 N–H and O–H groups in total. The summed E-state index contributed by atoms with van der Waals surface area (Å²) in [4.78, 5) is 15.1. The van der Waals surface area contributed by atoms with Crippen LogP contribution in [0.15, 0.2) is 24.3 Å². The lowest BCUT2D eigenvalue weighted by Gasteiger charge is -2.47. The Labute approximate surface area is 168 Å². The number of amides is 1. The standard InChI is InChI=1S/C23H34N2O3/c1-15-11-17(16-5-7-19(8-6-16)22(2,3)4)9-10-25(15)20(26)18-12-23(13-18)14-28-21(27)24-23/h5-8,15,17-18,21,24,27H,9-14H2,1-4H3/t15-,17-,18-,21?,23+/m1/s1. The maximum absolute atomic E-state index is 13.0. The Morgan fingerprint density at radius 3 is 2.46 bits per heavy atom. The Balaban J connectivity index is 1.33. The Morgan fingerprint density at radius 1 is 1.25 bits per heavy atom. The summed E-state index contributed by atoms with van der Waals surface area (Å²) in [6, 6.07) is 9.35. The van der Waals surface area contributed by atoms with Gasteiger partial charge in [0.25, 0.3) is 0 Å². The van der Waals surface area contributed by atoms with Gasteiger partial charge in [0.15, 0.2) is 0 Å². The highest BCUT2D eigenvalue weighted by Gasteiger charge is 2.53. The molecule has 28 heavy (non-hydrogen) atoms. The van der Waals surface area contributed by atoms with E-state index >= 15 is 0 Å². The lowest BCUT2D eigenvalue weighted by molar-refractivity contribution is -0.144. The normalized spacial score (nSPS) is 35.8. The minimum Gasteiger partial charge on any atom is -0.356 e. The van der Waals surface area contributed by atoms with E-state index in [0.29, 0.717) is 12.5 Å². The molecule has 1 amide bonds. The van der Waals surface area contributed by atoms with Gasteiger partial charge in [-0.3, -0.25) is 10.1 Å². The van der Waals surface area contributed by atoms with Gasteiger partial charge in [0.05, 0.1) is 6.61 Å². The molecule has 0 radical (unpaired) electrons. The van der Waals surface area contributed by atoms with Crippen molar-refractivity contribution in [3.63, 3.8) is 0 Å². The van der Waals surface area contributed by atoms with E-state index in [1.807, 2.05) is 0 Å². The number of nitrogens with zero attached hydrogens (tertiary/aromatic N) is 1. The van der Waals surface area contributed by atoms with Crippen molar-refractivity contribution in [1.29, 1.82) is 0 Å². The molecule has 3 aliphatic rings. The predicted octanol–water partition coefficient (Wildman–Crippen LogP) is 3.12. The van der Waals surface area contributed by atoms with Crippen molar-refractivity contribution >= 4 is 5.91 Å². The van der Waals surface area contributed by atoms with Gasteiger partial charge >= 0.3 is 0 Å². The molecule has 4 rings (SSSR count). The van der Waals surface area contributed by atoms with Crippen LogP contribution in [0.3, 0.4) is 0 Å². The molecule has 2 saturated heterocycles. The van der Waals surface area contributed by atoms with Crippen LogP contribution >= 0.6 is 0 Å². The van der Waals surface area contributed by atoms with Crippen LogP contribution in [0.25, 0.3) is 0 Å². The monoisotopic (exact) mass is 386 g/mol. The number of aliphatic hydroxyl groups excluding tert-OH is 1. The van der Waals surface area contributed by atoms with Crippen LogP contribution in [0.4, 0.5) is 0 Å². The van der Waals surface area contributed by atoms with E-state index in [0.717, 1.165) is 32.2 Å². The molecule has 2 heterocycles. The third-order valence-electron chi connectivity index (χ3n) is 6.98.